The summed E-state index contributed by atoms with van der Waals surface area (Å²) < 4.78 is 5.64. The van der Waals surface area contributed by atoms with Crippen LogP contribution < -0.4 is 5.73 Å². The molecule has 0 aromatic carbocycles. The van der Waals surface area contributed by atoms with E-state index in [9.17, 15) is 0 Å². The van der Waals surface area contributed by atoms with Gasteiger partial charge in [0.25, 0.3) is 0 Å². The average Bonchev–Trinajstić information content (AvgIpc) is 2.72. The van der Waals surface area contributed by atoms with E-state index in [2.05, 4.69) is 6.08 Å². The Balaban J connectivity index is 1.65. The third-order valence-corrected chi connectivity index (χ3v) is 4.18. The molecule has 2 fully saturated rings. The molecule has 3 rings (SSSR count). The fraction of sp³-hybridized carbons (Fsp3) is 0.833. The molecule has 0 bridgehead atoms. The minimum atomic E-state index is 0.214. The van der Waals surface area contributed by atoms with Crippen LogP contribution in [-0.2, 0) is 4.74 Å². The lowest BCUT2D eigenvalue weighted by atomic mass is 10.0. The molecule has 0 saturated heterocycles. The number of rotatable bonds is 2. The lowest BCUT2D eigenvalue weighted by molar-refractivity contribution is 0.168. The van der Waals surface area contributed by atoms with Crippen LogP contribution in [0.1, 0.15) is 32.1 Å². The minimum Gasteiger partial charge on any atom is -0.497 e. The summed E-state index contributed by atoms with van der Waals surface area (Å²) in [6.45, 7) is 0.877. The first-order chi connectivity index (χ1) is 6.88. The van der Waals surface area contributed by atoms with Crippen molar-refractivity contribution >= 4 is 0 Å². The van der Waals surface area contributed by atoms with Gasteiger partial charge in [0.15, 0.2) is 0 Å². The number of hydrogen-bond donors (Lipinski definition) is 1. The summed E-state index contributed by atoms with van der Waals surface area (Å²) in [5.74, 6) is 3.73. The number of ether oxygens (including phenoxy) is 1. The highest BCUT2D eigenvalue weighted by atomic mass is 16.5. The zero-order chi connectivity index (χ0) is 9.54. The van der Waals surface area contributed by atoms with Gasteiger partial charge < -0.3 is 10.5 Å². The molecule has 0 spiro atoms. The van der Waals surface area contributed by atoms with Gasteiger partial charge in [-0.2, -0.15) is 0 Å². The average molecular weight is 193 g/mol. The number of hydrogen-bond acceptors (Lipinski definition) is 2. The third kappa shape index (κ3) is 1.28. The van der Waals surface area contributed by atoms with Gasteiger partial charge in [0, 0.05) is 0 Å². The first-order valence-electron chi connectivity index (χ1n) is 5.96. The van der Waals surface area contributed by atoms with Gasteiger partial charge in [-0.15, -0.1) is 0 Å². The van der Waals surface area contributed by atoms with Gasteiger partial charge in [0.05, 0.1) is 12.6 Å². The number of nitrogens with two attached hydrogens (primary N) is 1. The maximum atomic E-state index is 6.25. The monoisotopic (exact) mass is 193 g/mol. The summed E-state index contributed by atoms with van der Waals surface area (Å²) in [6.07, 6.45) is 8.78. The van der Waals surface area contributed by atoms with E-state index in [1.807, 2.05) is 0 Å². The van der Waals surface area contributed by atoms with Crippen molar-refractivity contribution in [3.8, 4) is 0 Å². The zero-order valence-electron chi connectivity index (χ0n) is 8.61. The Bertz CT molecular complexity index is 251. The molecule has 2 aliphatic carbocycles. The van der Waals surface area contributed by atoms with Crippen molar-refractivity contribution in [3.05, 3.63) is 11.8 Å². The van der Waals surface area contributed by atoms with E-state index in [1.165, 1.54) is 19.3 Å². The van der Waals surface area contributed by atoms with E-state index < -0.39 is 0 Å². The van der Waals surface area contributed by atoms with Gasteiger partial charge in [-0.05, 0) is 49.5 Å². The predicted molar refractivity (Wildman–Crippen MR) is 55.6 cm³/mol. The van der Waals surface area contributed by atoms with Crippen LogP contribution in [-0.4, -0.2) is 12.6 Å². The Kier molecular flexibility index (Phi) is 2.05. The van der Waals surface area contributed by atoms with Gasteiger partial charge in [0.1, 0.15) is 5.76 Å². The molecule has 3 unspecified atom stereocenters. The van der Waals surface area contributed by atoms with Crippen molar-refractivity contribution in [2.45, 2.75) is 38.1 Å². The first-order valence-corrected chi connectivity index (χ1v) is 5.96. The van der Waals surface area contributed by atoms with E-state index in [-0.39, 0.29) is 6.04 Å². The second kappa shape index (κ2) is 3.27. The molecule has 0 amide bonds. The van der Waals surface area contributed by atoms with Crippen LogP contribution in [0.3, 0.4) is 0 Å². The van der Waals surface area contributed by atoms with Crippen molar-refractivity contribution in [1.29, 1.82) is 0 Å². The molecule has 2 N–H and O–H groups in total. The molecule has 2 nitrogen and oxygen atoms in total. The molecule has 14 heavy (non-hydrogen) atoms. The van der Waals surface area contributed by atoms with Crippen LogP contribution in [0.25, 0.3) is 0 Å². The van der Waals surface area contributed by atoms with Gasteiger partial charge in [-0.25, -0.2) is 0 Å². The van der Waals surface area contributed by atoms with Gasteiger partial charge >= 0.3 is 0 Å². The fourth-order valence-electron chi connectivity index (χ4n) is 3.41. The minimum absolute atomic E-state index is 0.214. The molecule has 3 aliphatic rings. The quantitative estimate of drug-likeness (QED) is 0.728. The highest BCUT2D eigenvalue weighted by Crippen LogP contribution is 2.59. The maximum absolute atomic E-state index is 6.25. The van der Waals surface area contributed by atoms with Crippen molar-refractivity contribution in [1.82, 2.24) is 0 Å². The van der Waals surface area contributed by atoms with Crippen molar-refractivity contribution < 1.29 is 4.74 Å². The molecule has 1 heterocycles. The Morgan fingerprint density at radius 1 is 1.29 bits per heavy atom. The van der Waals surface area contributed by atoms with E-state index in [0.29, 0.717) is 0 Å². The second-order valence-electron chi connectivity index (χ2n) is 4.96. The molecule has 1 aliphatic heterocycles. The van der Waals surface area contributed by atoms with E-state index in [1.54, 1.807) is 0 Å². The molecular formula is C12H19NO. The summed E-state index contributed by atoms with van der Waals surface area (Å²) in [5, 5.41) is 0. The topological polar surface area (TPSA) is 35.2 Å². The van der Waals surface area contributed by atoms with Crippen LogP contribution in [0.5, 0.6) is 0 Å². The largest absolute Gasteiger partial charge is 0.497 e. The molecule has 0 radical (unpaired) electrons. The molecule has 0 aromatic heterocycles. The van der Waals surface area contributed by atoms with Crippen LogP contribution in [0.2, 0.25) is 0 Å². The van der Waals surface area contributed by atoms with Crippen molar-refractivity contribution in [2.24, 2.45) is 23.5 Å². The van der Waals surface area contributed by atoms with E-state index in [0.717, 1.165) is 43.0 Å². The molecule has 3 atom stereocenters. The standard InChI is InChI=1S/C12H19NO/c13-12(10-6-1-2-7-14-10)11-8-4-3-5-9(8)11/h6,8-9,11-12H,1-5,7,13H2. The third-order valence-electron chi connectivity index (χ3n) is 4.18. The first kappa shape index (κ1) is 8.78. The molecule has 0 aromatic rings. The summed E-state index contributed by atoms with van der Waals surface area (Å²) in [4.78, 5) is 0. The van der Waals surface area contributed by atoms with Crippen LogP contribution in [0.15, 0.2) is 11.8 Å². The Morgan fingerprint density at radius 2 is 2.07 bits per heavy atom. The smallest absolute Gasteiger partial charge is 0.109 e. The van der Waals surface area contributed by atoms with Gasteiger partial charge in [0.2, 0.25) is 0 Å². The highest BCUT2D eigenvalue weighted by molar-refractivity contribution is 5.16. The Labute approximate surface area is 85.5 Å². The SMILES string of the molecule is NC(C1=CCCCO1)C1C2CCCC21. The second-order valence-corrected chi connectivity index (χ2v) is 4.96. The Hall–Kier alpha value is -0.500. The lowest BCUT2D eigenvalue weighted by Crippen LogP contribution is -2.30. The predicted octanol–water partition coefficient (Wildman–Crippen LogP) is 2.05. The van der Waals surface area contributed by atoms with Crippen molar-refractivity contribution in [2.75, 3.05) is 6.61 Å². The molecule has 2 heteroatoms. The molecule has 78 valence electrons. The molecular weight excluding hydrogens is 174 g/mol. The maximum Gasteiger partial charge on any atom is 0.109 e. The van der Waals surface area contributed by atoms with Crippen LogP contribution in [0.4, 0.5) is 0 Å². The van der Waals surface area contributed by atoms with E-state index in [4.69, 9.17) is 10.5 Å². The number of fused-ring (bicyclic) bond motifs is 1. The van der Waals surface area contributed by atoms with Crippen LogP contribution in [0, 0.1) is 17.8 Å². The Morgan fingerprint density at radius 3 is 2.71 bits per heavy atom. The zero-order valence-corrected chi connectivity index (χ0v) is 8.61. The number of allylic oxidation sites excluding steroid dienone is 1. The normalized spacial score (nSPS) is 42.4. The van der Waals surface area contributed by atoms with E-state index >= 15 is 0 Å². The van der Waals surface area contributed by atoms with Gasteiger partial charge in [-0.3, -0.25) is 0 Å². The molecule has 2 saturated carbocycles. The van der Waals surface area contributed by atoms with Crippen LogP contribution >= 0.6 is 0 Å². The summed E-state index contributed by atoms with van der Waals surface area (Å²) in [6, 6.07) is 0.214. The summed E-state index contributed by atoms with van der Waals surface area (Å²) in [5.41, 5.74) is 6.25. The fourth-order valence-corrected chi connectivity index (χ4v) is 3.41. The van der Waals surface area contributed by atoms with Crippen molar-refractivity contribution in [3.63, 3.8) is 0 Å². The summed E-state index contributed by atoms with van der Waals surface area (Å²) >= 11 is 0. The highest BCUT2D eigenvalue weighted by Gasteiger charge is 2.56. The van der Waals surface area contributed by atoms with Gasteiger partial charge in [-0.1, -0.05) is 6.42 Å². The summed E-state index contributed by atoms with van der Waals surface area (Å²) in [7, 11) is 0. The lowest BCUT2D eigenvalue weighted by Gasteiger charge is -2.21.